The van der Waals surface area contributed by atoms with Crippen LogP contribution < -0.4 is 15.4 Å². The van der Waals surface area contributed by atoms with Gasteiger partial charge in [-0.25, -0.2) is 0 Å². The molecule has 0 spiro atoms. The molecule has 146 valence electrons. The predicted molar refractivity (Wildman–Crippen MR) is 112 cm³/mol. The summed E-state index contributed by atoms with van der Waals surface area (Å²) in [5.41, 5.74) is 9.90. The van der Waals surface area contributed by atoms with Crippen molar-refractivity contribution in [1.29, 1.82) is 5.26 Å². The molecule has 29 heavy (non-hydrogen) atoms. The molecule has 2 aromatic carbocycles. The summed E-state index contributed by atoms with van der Waals surface area (Å²) < 4.78 is 5.53. The number of ketones is 1. The quantitative estimate of drug-likeness (QED) is 0.803. The van der Waals surface area contributed by atoms with Gasteiger partial charge < -0.3 is 10.5 Å². The van der Waals surface area contributed by atoms with Gasteiger partial charge in [0.1, 0.15) is 11.6 Å². The number of nitriles is 1. The summed E-state index contributed by atoms with van der Waals surface area (Å²) in [6.07, 6.45) is 1.90. The van der Waals surface area contributed by atoms with Crippen molar-refractivity contribution in [2.45, 2.75) is 25.2 Å². The van der Waals surface area contributed by atoms with Crippen LogP contribution in [0.1, 0.15) is 30.7 Å². The van der Waals surface area contributed by atoms with Crippen molar-refractivity contribution in [2.75, 3.05) is 12.0 Å². The summed E-state index contributed by atoms with van der Waals surface area (Å²) >= 11 is 6.05. The second-order valence-electron chi connectivity index (χ2n) is 7.03. The Morgan fingerprint density at radius 2 is 1.90 bits per heavy atom. The number of hydrogen-bond acceptors (Lipinski definition) is 5. The predicted octanol–water partition coefficient (Wildman–Crippen LogP) is 4.65. The Kier molecular flexibility index (Phi) is 5.04. The standard InChI is InChI=1S/C23H20ClN3O2/c1-29-20-8-3-2-5-16(20)21-17(13-25)23(26)27(15-11-9-14(24)10-12-15)18-6-4-7-19(28)22(18)21/h2-3,5,8-12,21H,4,6-7,26H2,1H3. The number of benzene rings is 2. The average Bonchev–Trinajstić information content (AvgIpc) is 2.74. The van der Waals surface area contributed by atoms with Gasteiger partial charge >= 0.3 is 0 Å². The van der Waals surface area contributed by atoms with E-state index in [0.717, 1.165) is 23.4 Å². The monoisotopic (exact) mass is 405 g/mol. The Balaban J connectivity index is 1.98. The van der Waals surface area contributed by atoms with E-state index in [1.807, 2.05) is 41.3 Å². The van der Waals surface area contributed by atoms with E-state index in [1.165, 1.54) is 0 Å². The average molecular weight is 406 g/mol. The molecule has 0 bridgehead atoms. The summed E-state index contributed by atoms with van der Waals surface area (Å²) in [6.45, 7) is 0. The third kappa shape index (κ3) is 3.16. The number of halogens is 1. The Hall–Kier alpha value is -3.23. The molecule has 1 aliphatic heterocycles. The molecule has 0 aromatic heterocycles. The highest BCUT2D eigenvalue weighted by Gasteiger charge is 2.41. The molecule has 2 aliphatic rings. The van der Waals surface area contributed by atoms with Gasteiger partial charge in [-0.05, 0) is 43.2 Å². The van der Waals surface area contributed by atoms with E-state index in [2.05, 4.69) is 6.07 Å². The maximum Gasteiger partial charge on any atom is 0.161 e. The van der Waals surface area contributed by atoms with Gasteiger partial charge in [-0.2, -0.15) is 5.26 Å². The van der Waals surface area contributed by atoms with E-state index in [4.69, 9.17) is 22.1 Å². The van der Waals surface area contributed by atoms with Crippen molar-refractivity contribution in [3.05, 3.63) is 81.8 Å². The molecule has 0 saturated heterocycles. The molecule has 2 N–H and O–H groups in total. The number of carbonyl (C=O) groups is 1. The maximum absolute atomic E-state index is 13.1. The van der Waals surface area contributed by atoms with Crippen molar-refractivity contribution >= 4 is 23.1 Å². The van der Waals surface area contributed by atoms with Crippen molar-refractivity contribution < 1.29 is 9.53 Å². The van der Waals surface area contributed by atoms with E-state index < -0.39 is 5.92 Å². The molecule has 0 fully saturated rings. The van der Waals surface area contributed by atoms with E-state index in [-0.39, 0.29) is 5.78 Å². The molecule has 1 unspecified atom stereocenters. The number of anilines is 1. The highest BCUT2D eigenvalue weighted by molar-refractivity contribution is 6.30. The summed E-state index contributed by atoms with van der Waals surface area (Å²) in [6, 6.07) is 17.0. The maximum atomic E-state index is 13.1. The molecule has 0 amide bonds. The molecule has 1 heterocycles. The molecule has 0 radical (unpaired) electrons. The number of methoxy groups -OCH3 is 1. The highest BCUT2D eigenvalue weighted by Crippen LogP contribution is 2.48. The first-order valence-electron chi connectivity index (χ1n) is 9.41. The normalized spacial score (nSPS) is 19.1. The number of nitrogens with zero attached hydrogens (tertiary/aromatic N) is 2. The van der Waals surface area contributed by atoms with Crippen LogP contribution in [-0.2, 0) is 4.79 Å². The van der Waals surface area contributed by atoms with Crippen molar-refractivity contribution in [2.24, 2.45) is 5.73 Å². The first-order chi connectivity index (χ1) is 14.1. The molecule has 1 aliphatic carbocycles. The van der Waals surface area contributed by atoms with Gasteiger partial charge in [-0.15, -0.1) is 0 Å². The smallest absolute Gasteiger partial charge is 0.161 e. The number of carbonyl (C=O) groups excluding carboxylic acids is 1. The van der Waals surface area contributed by atoms with Gasteiger partial charge in [-0.1, -0.05) is 29.8 Å². The molecule has 1 atom stereocenters. The molecule has 6 heteroatoms. The lowest BCUT2D eigenvalue weighted by molar-refractivity contribution is -0.116. The fourth-order valence-corrected chi connectivity index (χ4v) is 4.31. The SMILES string of the molecule is COc1ccccc1C1C(C#N)=C(N)N(c2ccc(Cl)cc2)C2=C1C(=O)CCC2. The molecular formula is C23H20ClN3O2. The second-order valence-corrected chi connectivity index (χ2v) is 7.47. The summed E-state index contributed by atoms with van der Waals surface area (Å²) in [5, 5.41) is 10.6. The Bertz CT molecular complexity index is 1080. The minimum atomic E-state index is -0.539. The topological polar surface area (TPSA) is 79.3 Å². The van der Waals surface area contributed by atoms with Crippen LogP contribution in [0, 0.1) is 11.3 Å². The number of para-hydroxylation sites is 1. The van der Waals surface area contributed by atoms with Crippen molar-refractivity contribution in [3.63, 3.8) is 0 Å². The Labute approximate surface area is 174 Å². The van der Waals surface area contributed by atoms with E-state index in [1.54, 1.807) is 19.2 Å². The molecule has 4 rings (SSSR count). The first-order valence-corrected chi connectivity index (χ1v) is 9.79. The van der Waals surface area contributed by atoms with Crippen LogP contribution in [0.25, 0.3) is 0 Å². The molecular weight excluding hydrogens is 386 g/mol. The van der Waals surface area contributed by atoms with E-state index in [9.17, 15) is 10.1 Å². The number of allylic oxidation sites excluding steroid dienone is 3. The van der Waals surface area contributed by atoms with Crippen LogP contribution in [0.15, 0.2) is 71.2 Å². The minimum Gasteiger partial charge on any atom is -0.496 e. The van der Waals surface area contributed by atoms with Gasteiger partial charge in [-0.3, -0.25) is 9.69 Å². The molecule has 0 saturated carbocycles. The lowest BCUT2D eigenvalue weighted by Crippen LogP contribution is -2.38. The van der Waals surface area contributed by atoms with Crippen LogP contribution in [-0.4, -0.2) is 12.9 Å². The van der Waals surface area contributed by atoms with Crippen molar-refractivity contribution in [3.8, 4) is 11.8 Å². The van der Waals surface area contributed by atoms with Gasteiger partial charge in [0.2, 0.25) is 0 Å². The number of nitrogens with two attached hydrogens (primary N) is 1. The van der Waals surface area contributed by atoms with Crippen LogP contribution in [0.2, 0.25) is 5.02 Å². The van der Waals surface area contributed by atoms with Crippen molar-refractivity contribution in [1.82, 2.24) is 0 Å². The second kappa shape index (κ2) is 7.65. The zero-order chi connectivity index (χ0) is 20.5. The summed E-state index contributed by atoms with van der Waals surface area (Å²) in [5.74, 6) is 0.464. The van der Waals surface area contributed by atoms with Gasteiger partial charge in [0.25, 0.3) is 0 Å². The highest BCUT2D eigenvalue weighted by atomic mass is 35.5. The fraction of sp³-hybridized carbons (Fsp3) is 0.217. The number of rotatable bonds is 3. The van der Waals surface area contributed by atoms with Crippen LogP contribution >= 0.6 is 11.6 Å². The number of ether oxygens (including phenoxy) is 1. The van der Waals surface area contributed by atoms with E-state index >= 15 is 0 Å². The number of hydrogen-bond donors (Lipinski definition) is 1. The van der Waals surface area contributed by atoms with Gasteiger partial charge in [0, 0.05) is 34.0 Å². The number of Topliss-reactive ketones (excluding diaryl/α,β-unsaturated/α-hetero) is 1. The van der Waals surface area contributed by atoms with Crippen LogP contribution in [0.3, 0.4) is 0 Å². The largest absolute Gasteiger partial charge is 0.496 e. The summed E-state index contributed by atoms with van der Waals surface area (Å²) in [4.78, 5) is 14.9. The van der Waals surface area contributed by atoms with Gasteiger partial charge in [0.15, 0.2) is 5.78 Å². The third-order valence-corrected chi connectivity index (χ3v) is 5.70. The zero-order valence-corrected chi connectivity index (χ0v) is 16.7. The van der Waals surface area contributed by atoms with E-state index in [0.29, 0.717) is 40.6 Å². The zero-order valence-electron chi connectivity index (χ0n) is 16.0. The lowest BCUT2D eigenvalue weighted by Gasteiger charge is -2.39. The Morgan fingerprint density at radius 1 is 1.17 bits per heavy atom. The van der Waals surface area contributed by atoms with Crippen LogP contribution in [0.4, 0.5) is 5.69 Å². The molecule has 5 nitrogen and oxygen atoms in total. The van der Waals surface area contributed by atoms with Gasteiger partial charge in [0.05, 0.1) is 24.7 Å². The first kappa shape index (κ1) is 19.1. The lowest BCUT2D eigenvalue weighted by atomic mass is 9.75. The Morgan fingerprint density at radius 3 is 2.59 bits per heavy atom. The van der Waals surface area contributed by atoms with Crippen LogP contribution in [0.5, 0.6) is 5.75 Å². The fourth-order valence-electron chi connectivity index (χ4n) is 4.19. The molecule has 2 aromatic rings. The third-order valence-electron chi connectivity index (χ3n) is 5.45. The minimum absolute atomic E-state index is 0.0429. The summed E-state index contributed by atoms with van der Waals surface area (Å²) in [7, 11) is 1.58.